The van der Waals surface area contributed by atoms with Crippen LogP contribution in [0.5, 0.6) is 11.5 Å². The van der Waals surface area contributed by atoms with E-state index in [2.05, 4.69) is 5.32 Å². The minimum absolute atomic E-state index is 0.166. The molecule has 1 N–H and O–H groups in total. The summed E-state index contributed by atoms with van der Waals surface area (Å²) in [6.07, 6.45) is 2.73. The quantitative estimate of drug-likeness (QED) is 0.628. The van der Waals surface area contributed by atoms with E-state index in [0.717, 1.165) is 5.56 Å². The van der Waals surface area contributed by atoms with Gasteiger partial charge < -0.3 is 19.5 Å². The number of halogens is 1. The smallest absolute Gasteiger partial charge is 0.331 e. The van der Waals surface area contributed by atoms with Crippen LogP contribution in [0.4, 0.5) is 5.69 Å². The third kappa shape index (κ3) is 4.77. The fourth-order valence-electron chi connectivity index (χ4n) is 2.27. The molecule has 1 aliphatic rings. The van der Waals surface area contributed by atoms with Gasteiger partial charge in [-0.1, -0.05) is 17.7 Å². The van der Waals surface area contributed by atoms with Gasteiger partial charge in [0.15, 0.2) is 18.1 Å². The normalized spacial score (nSPS) is 11.9. The molecule has 1 heterocycles. The molecule has 27 heavy (non-hydrogen) atoms. The summed E-state index contributed by atoms with van der Waals surface area (Å²) < 4.78 is 15.3. The first-order chi connectivity index (χ1) is 13.0. The second-order valence-electron chi connectivity index (χ2n) is 5.40. The first-order valence-corrected chi connectivity index (χ1v) is 8.17. The van der Waals surface area contributed by atoms with Gasteiger partial charge >= 0.3 is 5.97 Å². The van der Waals surface area contributed by atoms with Crippen LogP contribution in [0.2, 0.25) is 5.02 Å². The lowest BCUT2D eigenvalue weighted by molar-refractivity contribution is -0.142. The molecule has 0 radical (unpaired) electrons. The van der Waals surface area contributed by atoms with Crippen LogP contribution >= 0.6 is 11.6 Å². The standard InChI is InChI=1S/C19H13ClN2O5/c20-14-4-3-13(9-21)15(8-14)22-18(23)10-25-19(24)6-2-12-1-5-16-17(7-12)27-11-26-16/h1-8H,10-11H2,(H,22,23)/b6-2+. The summed E-state index contributed by atoms with van der Waals surface area (Å²) >= 11 is 5.85. The lowest BCUT2D eigenvalue weighted by atomic mass is 10.2. The fraction of sp³-hybridized carbons (Fsp3) is 0.105. The average Bonchev–Trinajstić information content (AvgIpc) is 3.12. The monoisotopic (exact) mass is 384 g/mol. The number of amides is 1. The van der Waals surface area contributed by atoms with Crippen molar-refractivity contribution < 1.29 is 23.8 Å². The zero-order valence-electron chi connectivity index (χ0n) is 13.9. The third-order valence-corrected chi connectivity index (χ3v) is 3.77. The van der Waals surface area contributed by atoms with Crippen LogP contribution in [0.1, 0.15) is 11.1 Å². The van der Waals surface area contributed by atoms with E-state index < -0.39 is 18.5 Å². The maximum absolute atomic E-state index is 11.9. The zero-order chi connectivity index (χ0) is 19.2. The Morgan fingerprint density at radius 2 is 2.04 bits per heavy atom. The van der Waals surface area contributed by atoms with Crippen molar-refractivity contribution in [2.45, 2.75) is 0 Å². The number of hydrogen-bond acceptors (Lipinski definition) is 6. The van der Waals surface area contributed by atoms with E-state index in [1.165, 1.54) is 30.4 Å². The summed E-state index contributed by atoms with van der Waals surface area (Å²) in [6.45, 7) is -0.332. The number of nitrogens with zero attached hydrogens (tertiary/aromatic N) is 1. The summed E-state index contributed by atoms with van der Waals surface area (Å²) in [5.74, 6) is -0.0307. The lowest BCUT2D eigenvalue weighted by Crippen LogP contribution is -2.20. The number of esters is 1. The Morgan fingerprint density at radius 1 is 1.22 bits per heavy atom. The van der Waals surface area contributed by atoms with Gasteiger partial charge in [0, 0.05) is 11.1 Å². The minimum Gasteiger partial charge on any atom is -0.454 e. The number of nitrogens with one attached hydrogen (secondary N) is 1. The molecule has 0 saturated heterocycles. The molecule has 0 bridgehead atoms. The number of nitriles is 1. The maximum atomic E-state index is 11.9. The summed E-state index contributed by atoms with van der Waals surface area (Å²) in [7, 11) is 0. The second-order valence-corrected chi connectivity index (χ2v) is 5.84. The number of fused-ring (bicyclic) bond motifs is 1. The van der Waals surface area contributed by atoms with E-state index in [-0.39, 0.29) is 18.0 Å². The summed E-state index contributed by atoms with van der Waals surface area (Å²) in [5.41, 5.74) is 1.22. The van der Waals surface area contributed by atoms with Gasteiger partial charge in [-0.3, -0.25) is 4.79 Å². The Bertz CT molecular complexity index is 965. The Labute approximate surface area is 159 Å². The predicted octanol–water partition coefficient (Wildman–Crippen LogP) is 3.14. The van der Waals surface area contributed by atoms with Gasteiger partial charge in [-0.15, -0.1) is 0 Å². The van der Waals surface area contributed by atoms with E-state index in [0.29, 0.717) is 16.5 Å². The van der Waals surface area contributed by atoms with Crippen molar-refractivity contribution in [1.29, 1.82) is 5.26 Å². The summed E-state index contributed by atoms with van der Waals surface area (Å²) in [5, 5.41) is 11.9. The van der Waals surface area contributed by atoms with Crippen molar-refractivity contribution in [2.75, 3.05) is 18.7 Å². The van der Waals surface area contributed by atoms with Gasteiger partial charge in [0.05, 0.1) is 11.3 Å². The van der Waals surface area contributed by atoms with Gasteiger partial charge in [0.25, 0.3) is 5.91 Å². The zero-order valence-corrected chi connectivity index (χ0v) is 14.7. The van der Waals surface area contributed by atoms with Gasteiger partial charge in [0.1, 0.15) is 6.07 Å². The summed E-state index contributed by atoms with van der Waals surface area (Å²) in [6, 6.07) is 11.6. The van der Waals surface area contributed by atoms with Gasteiger partial charge in [-0.25, -0.2) is 4.79 Å². The Morgan fingerprint density at radius 3 is 2.85 bits per heavy atom. The van der Waals surface area contributed by atoms with Crippen LogP contribution < -0.4 is 14.8 Å². The summed E-state index contributed by atoms with van der Waals surface area (Å²) in [4.78, 5) is 23.7. The molecule has 2 aromatic carbocycles. The number of ether oxygens (including phenoxy) is 3. The van der Waals surface area contributed by atoms with Gasteiger partial charge in [-0.2, -0.15) is 5.26 Å². The molecule has 0 atom stereocenters. The van der Waals surface area contributed by atoms with Crippen LogP contribution in [0, 0.1) is 11.3 Å². The van der Waals surface area contributed by atoms with Gasteiger partial charge in [0.2, 0.25) is 6.79 Å². The molecule has 1 aliphatic heterocycles. The van der Waals surface area contributed by atoms with E-state index in [1.54, 1.807) is 18.2 Å². The Balaban J connectivity index is 1.52. The molecule has 0 aliphatic carbocycles. The van der Waals surface area contributed by atoms with Crippen molar-refractivity contribution >= 4 is 35.2 Å². The van der Waals surface area contributed by atoms with Crippen molar-refractivity contribution in [2.24, 2.45) is 0 Å². The molecule has 2 aromatic rings. The molecule has 0 saturated carbocycles. The van der Waals surface area contributed by atoms with Crippen LogP contribution in [0.15, 0.2) is 42.5 Å². The van der Waals surface area contributed by atoms with E-state index in [9.17, 15) is 9.59 Å². The molecule has 1 amide bonds. The second kappa shape index (κ2) is 8.25. The highest BCUT2D eigenvalue weighted by molar-refractivity contribution is 6.31. The highest BCUT2D eigenvalue weighted by Gasteiger charge is 2.13. The number of benzene rings is 2. The molecule has 0 aromatic heterocycles. The van der Waals surface area contributed by atoms with Crippen molar-refractivity contribution in [3.8, 4) is 17.6 Å². The van der Waals surface area contributed by atoms with Gasteiger partial charge in [-0.05, 0) is 42.0 Å². The molecule has 8 heteroatoms. The van der Waals surface area contributed by atoms with E-state index in [1.807, 2.05) is 6.07 Å². The maximum Gasteiger partial charge on any atom is 0.331 e. The van der Waals surface area contributed by atoms with E-state index >= 15 is 0 Å². The molecule has 136 valence electrons. The Kier molecular flexibility index (Phi) is 5.59. The minimum atomic E-state index is -0.686. The van der Waals surface area contributed by atoms with Crippen molar-refractivity contribution in [3.05, 3.63) is 58.6 Å². The largest absolute Gasteiger partial charge is 0.454 e. The molecule has 7 nitrogen and oxygen atoms in total. The molecule has 0 spiro atoms. The first-order valence-electron chi connectivity index (χ1n) is 7.79. The number of carbonyl (C=O) groups excluding carboxylic acids is 2. The van der Waals surface area contributed by atoms with Crippen molar-refractivity contribution in [3.63, 3.8) is 0 Å². The Hall–Kier alpha value is -3.50. The number of hydrogen-bond donors (Lipinski definition) is 1. The molecule has 3 rings (SSSR count). The number of carbonyl (C=O) groups is 2. The molecule has 0 unspecified atom stereocenters. The highest BCUT2D eigenvalue weighted by atomic mass is 35.5. The fourth-order valence-corrected chi connectivity index (χ4v) is 2.44. The molecule has 0 fully saturated rings. The number of rotatable bonds is 5. The van der Waals surface area contributed by atoms with E-state index in [4.69, 9.17) is 31.1 Å². The average molecular weight is 385 g/mol. The molecular weight excluding hydrogens is 372 g/mol. The highest BCUT2D eigenvalue weighted by Crippen LogP contribution is 2.32. The SMILES string of the molecule is N#Cc1ccc(Cl)cc1NC(=O)COC(=O)/C=C/c1ccc2c(c1)OCO2. The van der Waals surface area contributed by atoms with Crippen LogP contribution in [0.25, 0.3) is 6.08 Å². The lowest BCUT2D eigenvalue weighted by Gasteiger charge is -2.07. The van der Waals surface area contributed by atoms with Crippen LogP contribution in [-0.2, 0) is 14.3 Å². The van der Waals surface area contributed by atoms with Crippen LogP contribution in [0.3, 0.4) is 0 Å². The predicted molar refractivity (Wildman–Crippen MR) is 97.4 cm³/mol. The van der Waals surface area contributed by atoms with Crippen molar-refractivity contribution in [1.82, 2.24) is 0 Å². The van der Waals surface area contributed by atoms with Crippen LogP contribution in [-0.4, -0.2) is 25.3 Å². The first kappa shape index (κ1) is 18.3. The number of anilines is 1. The molecular formula is C19H13ClN2O5. The third-order valence-electron chi connectivity index (χ3n) is 3.53. The topological polar surface area (TPSA) is 97.7 Å².